The Morgan fingerprint density at radius 2 is 1.91 bits per heavy atom. The fourth-order valence-corrected chi connectivity index (χ4v) is 3.85. The van der Waals surface area contributed by atoms with E-state index in [-0.39, 0.29) is 11.9 Å². The average Bonchev–Trinajstić information content (AvgIpc) is 2.94. The first-order valence-corrected chi connectivity index (χ1v) is 8.80. The third-order valence-corrected chi connectivity index (χ3v) is 5.32. The van der Waals surface area contributed by atoms with Crippen LogP contribution in [0.25, 0.3) is 0 Å². The Balaban J connectivity index is 1.63. The summed E-state index contributed by atoms with van der Waals surface area (Å²) < 4.78 is 0. The van der Waals surface area contributed by atoms with Gasteiger partial charge in [0, 0.05) is 13.1 Å². The summed E-state index contributed by atoms with van der Waals surface area (Å²) in [6.45, 7) is 7.37. The third-order valence-electron chi connectivity index (χ3n) is 5.32. The minimum atomic E-state index is -0.407. The summed E-state index contributed by atoms with van der Waals surface area (Å²) in [6, 6.07) is 6.38. The van der Waals surface area contributed by atoms with E-state index in [1.54, 1.807) is 0 Å². The fraction of sp³-hybridized carbons (Fsp3) is 0.632. The number of piperidine rings is 1. The number of nitrogens with zero attached hydrogens (tertiary/aromatic N) is 2. The number of benzene rings is 1. The lowest BCUT2D eigenvalue weighted by Gasteiger charge is -2.33. The van der Waals surface area contributed by atoms with E-state index in [1.165, 1.54) is 24.8 Å². The van der Waals surface area contributed by atoms with Crippen LogP contribution >= 0.6 is 0 Å². The molecule has 3 rings (SSSR count). The second-order valence-electron chi connectivity index (χ2n) is 7.14. The lowest BCUT2D eigenvalue weighted by Crippen LogP contribution is -2.46. The van der Waals surface area contributed by atoms with Gasteiger partial charge in [0.05, 0.1) is 18.6 Å². The van der Waals surface area contributed by atoms with Crippen molar-refractivity contribution in [1.82, 2.24) is 9.80 Å². The molecule has 0 saturated carbocycles. The summed E-state index contributed by atoms with van der Waals surface area (Å²) in [6.07, 6.45) is 3.73. The first-order chi connectivity index (χ1) is 11.0. The Labute approximate surface area is 139 Å². The van der Waals surface area contributed by atoms with E-state index in [2.05, 4.69) is 36.9 Å². The zero-order valence-electron chi connectivity index (χ0n) is 14.3. The van der Waals surface area contributed by atoms with Gasteiger partial charge in [-0.25, -0.2) is 0 Å². The Hall–Kier alpha value is -1.39. The molecular weight excluding hydrogens is 288 g/mol. The van der Waals surface area contributed by atoms with E-state index >= 15 is 0 Å². The second-order valence-corrected chi connectivity index (χ2v) is 7.14. The van der Waals surface area contributed by atoms with Gasteiger partial charge in [0.25, 0.3) is 0 Å². The predicted octanol–water partition coefficient (Wildman–Crippen LogP) is 1.90. The molecule has 0 radical (unpaired) electrons. The van der Waals surface area contributed by atoms with Gasteiger partial charge in [-0.05, 0) is 50.9 Å². The normalized spacial score (nSPS) is 25.8. The van der Waals surface area contributed by atoms with Crippen molar-refractivity contribution >= 4 is 5.91 Å². The van der Waals surface area contributed by atoms with E-state index < -0.39 is 6.10 Å². The molecule has 4 nitrogen and oxygen atoms in total. The number of aliphatic hydroxyl groups excluding tert-OH is 1. The van der Waals surface area contributed by atoms with E-state index in [4.69, 9.17) is 0 Å². The highest BCUT2D eigenvalue weighted by Gasteiger charge is 2.37. The molecule has 1 N–H and O–H groups in total. The number of hydrogen-bond donors (Lipinski definition) is 1. The molecule has 0 aromatic heterocycles. The van der Waals surface area contributed by atoms with Crippen molar-refractivity contribution in [2.45, 2.75) is 51.7 Å². The average molecular weight is 316 g/mol. The first-order valence-electron chi connectivity index (χ1n) is 8.80. The summed E-state index contributed by atoms with van der Waals surface area (Å²) in [5.41, 5.74) is 3.45. The van der Waals surface area contributed by atoms with Gasteiger partial charge in [0.15, 0.2) is 0 Å². The zero-order chi connectivity index (χ0) is 16.4. The molecule has 4 heteroatoms. The molecule has 1 amide bonds. The summed E-state index contributed by atoms with van der Waals surface area (Å²) >= 11 is 0. The van der Waals surface area contributed by atoms with Crippen LogP contribution in [0.15, 0.2) is 18.2 Å². The zero-order valence-corrected chi connectivity index (χ0v) is 14.3. The Bertz CT molecular complexity index is 566. The Morgan fingerprint density at radius 1 is 1.17 bits per heavy atom. The summed E-state index contributed by atoms with van der Waals surface area (Å²) in [4.78, 5) is 16.9. The summed E-state index contributed by atoms with van der Waals surface area (Å²) in [5.74, 6) is 0.136. The van der Waals surface area contributed by atoms with Crippen LogP contribution in [-0.4, -0.2) is 59.1 Å². The van der Waals surface area contributed by atoms with E-state index in [0.717, 1.165) is 24.2 Å². The van der Waals surface area contributed by atoms with Crippen LogP contribution < -0.4 is 0 Å². The van der Waals surface area contributed by atoms with E-state index in [9.17, 15) is 9.90 Å². The number of likely N-dealkylation sites (tertiary alicyclic amines) is 2. The van der Waals surface area contributed by atoms with Crippen LogP contribution in [0.5, 0.6) is 0 Å². The van der Waals surface area contributed by atoms with Crippen LogP contribution in [0.4, 0.5) is 0 Å². The topological polar surface area (TPSA) is 43.8 Å². The van der Waals surface area contributed by atoms with Crippen LogP contribution in [0.1, 0.15) is 36.0 Å². The number of carbonyl (C=O) groups is 1. The molecule has 2 saturated heterocycles. The minimum absolute atomic E-state index is 0.123. The second kappa shape index (κ2) is 7.02. The quantitative estimate of drug-likeness (QED) is 0.926. The molecule has 0 unspecified atom stereocenters. The van der Waals surface area contributed by atoms with Crippen molar-refractivity contribution < 1.29 is 9.90 Å². The smallest absolute Gasteiger partial charge is 0.227 e. The molecule has 2 aliphatic heterocycles. The number of aryl methyl sites for hydroxylation is 2. The van der Waals surface area contributed by atoms with Gasteiger partial charge in [0.1, 0.15) is 0 Å². The molecule has 2 atom stereocenters. The fourth-order valence-electron chi connectivity index (χ4n) is 3.85. The van der Waals surface area contributed by atoms with Gasteiger partial charge in [-0.3, -0.25) is 9.69 Å². The lowest BCUT2D eigenvalue weighted by atomic mass is 10.0. The van der Waals surface area contributed by atoms with Crippen LogP contribution in [0, 0.1) is 13.8 Å². The van der Waals surface area contributed by atoms with Crippen LogP contribution in [0.2, 0.25) is 0 Å². The van der Waals surface area contributed by atoms with Crippen molar-refractivity contribution in [2.24, 2.45) is 0 Å². The van der Waals surface area contributed by atoms with Gasteiger partial charge in [-0.1, -0.05) is 30.2 Å². The molecule has 2 aliphatic rings. The molecule has 0 spiro atoms. The molecule has 23 heavy (non-hydrogen) atoms. The highest BCUT2D eigenvalue weighted by molar-refractivity contribution is 5.79. The van der Waals surface area contributed by atoms with Crippen LogP contribution in [0.3, 0.4) is 0 Å². The van der Waals surface area contributed by atoms with Crippen molar-refractivity contribution in [2.75, 3.05) is 26.2 Å². The maximum Gasteiger partial charge on any atom is 0.227 e. The SMILES string of the molecule is Cc1ccc(C)c(CC(=O)N2C[C@H](O)[C@@H](N3CCCCC3)C2)c1. The number of hydrogen-bond acceptors (Lipinski definition) is 3. The van der Waals surface area contributed by atoms with Crippen molar-refractivity contribution in [1.29, 1.82) is 0 Å². The molecule has 0 aliphatic carbocycles. The number of amides is 1. The molecule has 2 fully saturated rings. The summed E-state index contributed by atoms with van der Waals surface area (Å²) in [5, 5.41) is 10.4. The van der Waals surface area contributed by atoms with Gasteiger partial charge in [-0.2, -0.15) is 0 Å². The lowest BCUT2D eigenvalue weighted by molar-refractivity contribution is -0.129. The molecule has 126 valence electrons. The maximum atomic E-state index is 12.6. The van der Waals surface area contributed by atoms with Crippen molar-refractivity contribution in [3.63, 3.8) is 0 Å². The Morgan fingerprint density at radius 3 is 2.65 bits per heavy atom. The van der Waals surface area contributed by atoms with Gasteiger partial charge in [-0.15, -0.1) is 0 Å². The van der Waals surface area contributed by atoms with E-state index in [1.807, 2.05) is 4.90 Å². The number of rotatable bonds is 3. The van der Waals surface area contributed by atoms with Gasteiger partial charge < -0.3 is 10.0 Å². The molecule has 2 heterocycles. The molecule has 1 aromatic rings. The Kier molecular flexibility index (Phi) is 5.02. The summed E-state index contributed by atoms with van der Waals surface area (Å²) in [7, 11) is 0. The molecular formula is C19H28N2O2. The molecule has 0 bridgehead atoms. The molecule has 1 aromatic carbocycles. The number of carbonyl (C=O) groups excluding carboxylic acids is 1. The van der Waals surface area contributed by atoms with Crippen molar-refractivity contribution in [3.8, 4) is 0 Å². The van der Waals surface area contributed by atoms with E-state index in [0.29, 0.717) is 19.5 Å². The highest BCUT2D eigenvalue weighted by atomic mass is 16.3. The minimum Gasteiger partial charge on any atom is -0.390 e. The van der Waals surface area contributed by atoms with Gasteiger partial charge >= 0.3 is 0 Å². The number of β-amino-alcohol motifs (C(OH)–C–C–N with tert-alkyl or cyclic N) is 1. The largest absolute Gasteiger partial charge is 0.390 e. The number of aliphatic hydroxyl groups is 1. The third kappa shape index (κ3) is 3.75. The van der Waals surface area contributed by atoms with Crippen LogP contribution in [-0.2, 0) is 11.2 Å². The monoisotopic (exact) mass is 316 g/mol. The van der Waals surface area contributed by atoms with Gasteiger partial charge in [0.2, 0.25) is 5.91 Å². The highest BCUT2D eigenvalue weighted by Crippen LogP contribution is 2.22. The first kappa shape index (κ1) is 16.5. The predicted molar refractivity (Wildman–Crippen MR) is 91.4 cm³/mol. The standard InChI is InChI=1S/C19H28N2O2/c1-14-6-7-15(2)16(10-14)11-19(23)21-12-17(18(22)13-21)20-8-4-3-5-9-20/h6-7,10,17-18,22H,3-5,8-9,11-13H2,1-2H3/t17-,18-/m0/s1. The van der Waals surface area contributed by atoms with Crippen molar-refractivity contribution in [3.05, 3.63) is 34.9 Å². The maximum absolute atomic E-state index is 12.6.